The molecule has 0 spiro atoms. The number of carbonyl (C=O) groups excluding carboxylic acids is 2. The molecule has 1 N–H and O–H groups in total. The zero-order valence-electron chi connectivity index (χ0n) is 12.4. The quantitative estimate of drug-likeness (QED) is 0.397. The number of halogens is 1. The van der Waals surface area contributed by atoms with E-state index in [0.717, 1.165) is 0 Å². The number of carbonyl (C=O) groups is 2. The van der Waals surface area contributed by atoms with Crippen LogP contribution >= 0.6 is 11.6 Å². The molecule has 1 aliphatic carbocycles. The van der Waals surface area contributed by atoms with E-state index < -0.39 is 22.9 Å². The van der Waals surface area contributed by atoms with Gasteiger partial charge in [0.2, 0.25) is 11.7 Å². The van der Waals surface area contributed by atoms with Crippen molar-refractivity contribution in [2.45, 2.75) is 31.4 Å². The van der Waals surface area contributed by atoms with Crippen LogP contribution in [0.5, 0.6) is 0 Å². The second-order valence-electron chi connectivity index (χ2n) is 6.29. The number of ether oxygens (including phenoxy) is 1. The Labute approximate surface area is 169 Å². The van der Waals surface area contributed by atoms with E-state index in [-0.39, 0.29) is 66.3 Å². The number of rotatable bonds is 1. The Morgan fingerprint density at radius 2 is 2.04 bits per heavy atom. The van der Waals surface area contributed by atoms with Crippen LogP contribution in [0.2, 0.25) is 0 Å². The van der Waals surface area contributed by atoms with E-state index in [1.807, 2.05) is 0 Å². The summed E-state index contributed by atoms with van der Waals surface area (Å²) in [6, 6.07) is -1.47. The number of fused-ring (bicyclic) bond motifs is 1. The maximum atomic E-state index is 12.7. The summed E-state index contributed by atoms with van der Waals surface area (Å²) in [7, 11) is 0. The Balaban J connectivity index is 0.00000182. The van der Waals surface area contributed by atoms with Gasteiger partial charge in [-0.25, -0.2) is 0 Å². The molecule has 3 heterocycles. The van der Waals surface area contributed by atoms with Crippen molar-refractivity contribution >= 4 is 52.8 Å². The molecule has 3 atom stereocenters. The molecule has 25 heavy (non-hydrogen) atoms. The molecule has 0 fully saturated rings. The van der Waals surface area contributed by atoms with Crippen molar-refractivity contribution in [2.75, 3.05) is 6.54 Å². The van der Waals surface area contributed by atoms with E-state index in [9.17, 15) is 24.8 Å². The molecule has 3 unspecified atom stereocenters. The third-order valence-electron chi connectivity index (χ3n) is 4.87. The van der Waals surface area contributed by atoms with E-state index in [4.69, 9.17) is 16.3 Å². The van der Waals surface area contributed by atoms with Gasteiger partial charge in [0.25, 0.3) is 6.04 Å². The molecule has 4 rings (SSSR count). The van der Waals surface area contributed by atoms with E-state index in [1.54, 1.807) is 0 Å². The van der Waals surface area contributed by atoms with E-state index in [2.05, 4.69) is 0 Å². The van der Waals surface area contributed by atoms with Gasteiger partial charge in [0.1, 0.15) is 12.0 Å². The van der Waals surface area contributed by atoms with Gasteiger partial charge in [0.05, 0.1) is 28.8 Å². The molecule has 0 aromatic rings. The molecular formula is C15H14ClN2NaO6. The van der Waals surface area contributed by atoms with Crippen LogP contribution in [0.1, 0.15) is 19.3 Å². The Bertz CT molecular complexity index is 789. The molecule has 8 nitrogen and oxygen atoms in total. The van der Waals surface area contributed by atoms with Crippen LogP contribution < -0.4 is 0 Å². The summed E-state index contributed by atoms with van der Waals surface area (Å²) >= 11 is 5.99. The van der Waals surface area contributed by atoms with Crippen LogP contribution in [-0.2, 0) is 14.3 Å². The van der Waals surface area contributed by atoms with Crippen molar-refractivity contribution in [1.29, 1.82) is 0 Å². The second kappa shape index (κ2) is 6.51. The number of ketones is 1. The number of aliphatic hydroxyl groups is 1. The SMILES string of the molecule is O=C1C2=C3OC=C(Cl)CC3CN3C(=O)CC(O)C(=C23)CC1[N+](=O)[O-].[NaH]. The van der Waals surface area contributed by atoms with Gasteiger partial charge in [-0.3, -0.25) is 19.7 Å². The molecule has 3 aliphatic heterocycles. The fourth-order valence-electron chi connectivity index (χ4n) is 3.80. The fourth-order valence-corrected chi connectivity index (χ4v) is 4.03. The third kappa shape index (κ3) is 2.76. The van der Waals surface area contributed by atoms with Gasteiger partial charge in [-0.2, -0.15) is 0 Å². The Hall–Kier alpha value is -1.19. The monoisotopic (exact) mass is 376 g/mol. The molecule has 1 amide bonds. The number of hydrogen-bond donors (Lipinski definition) is 1. The number of hydrogen-bond acceptors (Lipinski definition) is 6. The minimum absolute atomic E-state index is 0. The first-order valence-corrected chi connectivity index (χ1v) is 7.91. The average molecular weight is 377 g/mol. The molecule has 0 aromatic carbocycles. The second-order valence-corrected chi connectivity index (χ2v) is 6.78. The van der Waals surface area contributed by atoms with Crippen molar-refractivity contribution in [3.63, 3.8) is 0 Å². The van der Waals surface area contributed by atoms with Crippen LogP contribution in [0.3, 0.4) is 0 Å². The van der Waals surface area contributed by atoms with Crippen LogP contribution in [-0.4, -0.2) is 74.9 Å². The molecule has 0 saturated heterocycles. The molecule has 0 aromatic heterocycles. The van der Waals surface area contributed by atoms with E-state index in [0.29, 0.717) is 28.5 Å². The van der Waals surface area contributed by atoms with Crippen LogP contribution in [0.4, 0.5) is 0 Å². The van der Waals surface area contributed by atoms with Crippen LogP contribution in [0, 0.1) is 16.0 Å². The summed E-state index contributed by atoms with van der Waals surface area (Å²) in [4.78, 5) is 37.1. The van der Waals surface area contributed by atoms with E-state index >= 15 is 0 Å². The third-order valence-corrected chi connectivity index (χ3v) is 5.12. The normalized spacial score (nSPS) is 30.9. The number of allylic oxidation sites excluding steroid dienone is 2. The van der Waals surface area contributed by atoms with Crippen molar-refractivity contribution in [1.82, 2.24) is 4.90 Å². The Morgan fingerprint density at radius 1 is 1.32 bits per heavy atom. The Kier molecular flexibility index (Phi) is 4.85. The maximum absolute atomic E-state index is 12.7. The zero-order chi connectivity index (χ0) is 17.2. The molecule has 0 radical (unpaired) electrons. The van der Waals surface area contributed by atoms with Crippen molar-refractivity contribution in [3.8, 4) is 0 Å². The van der Waals surface area contributed by atoms with Crippen molar-refractivity contribution in [2.24, 2.45) is 5.92 Å². The number of nitro groups is 1. The summed E-state index contributed by atoms with van der Waals surface area (Å²) in [5.41, 5.74) is 0.697. The first kappa shape index (κ1) is 18.6. The summed E-state index contributed by atoms with van der Waals surface area (Å²) in [5, 5.41) is 22.0. The molecule has 128 valence electrons. The zero-order valence-corrected chi connectivity index (χ0v) is 13.2. The summed E-state index contributed by atoms with van der Waals surface area (Å²) < 4.78 is 5.49. The van der Waals surface area contributed by atoms with Gasteiger partial charge < -0.3 is 14.7 Å². The van der Waals surface area contributed by atoms with E-state index in [1.165, 1.54) is 11.2 Å². The van der Waals surface area contributed by atoms with Gasteiger partial charge in [-0.1, -0.05) is 11.6 Å². The predicted octanol–water partition coefficient (Wildman–Crippen LogP) is 0.188. The first-order chi connectivity index (χ1) is 11.4. The number of Topliss-reactive ketones (excluding diaryl/α,β-unsaturated/α-hetero) is 1. The minimum atomic E-state index is -1.47. The number of amides is 1. The molecule has 0 bridgehead atoms. The summed E-state index contributed by atoms with van der Waals surface area (Å²) in [6.07, 6.45) is 0.252. The molecule has 0 saturated carbocycles. The summed E-state index contributed by atoms with van der Waals surface area (Å²) in [6.45, 7) is 0.281. The van der Waals surface area contributed by atoms with Gasteiger partial charge in [-0.05, 0) is 12.0 Å². The molecule has 4 aliphatic rings. The topological polar surface area (TPSA) is 110 Å². The van der Waals surface area contributed by atoms with Crippen LogP contribution in [0.25, 0.3) is 0 Å². The number of aliphatic hydroxyl groups excluding tert-OH is 1. The molecular weight excluding hydrogens is 363 g/mol. The van der Waals surface area contributed by atoms with Gasteiger partial charge in [0.15, 0.2) is 0 Å². The average Bonchev–Trinajstić information content (AvgIpc) is 2.52. The summed E-state index contributed by atoms with van der Waals surface area (Å²) in [5.74, 6) is -1.01. The van der Waals surface area contributed by atoms with Gasteiger partial charge >= 0.3 is 29.6 Å². The van der Waals surface area contributed by atoms with Crippen LogP contribution in [0.15, 0.2) is 33.9 Å². The predicted molar refractivity (Wildman–Crippen MR) is 87.1 cm³/mol. The first-order valence-electron chi connectivity index (χ1n) is 7.53. The standard InChI is InChI=1S/C15H13ClN2O6.Na.H/c16-7-1-6-4-17-11(20)3-10(19)8-2-9(18(22)23)14(21)12(13(8)17)15(6)24-5-7;;/h5-6,9-10,19H,1-4H2;;. The van der Waals surface area contributed by atoms with Gasteiger partial charge in [0, 0.05) is 23.8 Å². The molecule has 10 heteroatoms. The van der Waals surface area contributed by atoms with Crippen molar-refractivity contribution < 1.29 is 24.4 Å². The fraction of sp³-hybridized carbons (Fsp3) is 0.467. The van der Waals surface area contributed by atoms with Gasteiger partial charge in [-0.15, -0.1) is 0 Å². The van der Waals surface area contributed by atoms with Crippen molar-refractivity contribution in [3.05, 3.63) is 44.0 Å². The Morgan fingerprint density at radius 3 is 2.72 bits per heavy atom. The number of nitrogens with zero attached hydrogens (tertiary/aromatic N) is 2.